The number of aromatic nitrogens is 1. The Morgan fingerprint density at radius 3 is 1.96 bits per heavy atom. The fourth-order valence-corrected chi connectivity index (χ4v) is 8.14. The van der Waals surface area contributed by atoms with Gasteiger partial charge in [-0.2, -0.15) is 0 Å². The predicted molar refractivity (Wildman–Crippen MR) is 221 cm³/mol. The number of anilines is 1. The van der Waals surface area contributed by atoms with Crippen molar-refractivity contribution in [1.82, 2.24) is 4.57 Å². The molecule has 1 heterocycles. The van der Waals surface area contributed by atoms with Gasteiger partial charge in [0.25, 0.3) is 0 Å². The molecular formula is C50H40N2. The molecule has 0 bridgehead atoms. The van der Waals surface area contributed by atoms with Gasteiger partial charge in [-0.3, -0.25) is 0 Å². The minimum Gasteiger partial charge on any atom is -0.317 e. The topological polar surface area (TPSA) is 8.17 Å². The molecule has 0 saturated heterocycles. The van der Waals surface area contributed by atoms with Gasteiger partial charge in [-0.1, -0.05) is 147 Å². The normalized spacial score (nSPS) is 18.1. The second-order valence-electron chi connectivity index (χ2n) is 13.8. The molecule has 3 aliphatic carbocycles. The first kappa shape index (κ1) is 31.6. The summed E-state index contributed by atoms with van der Waals surface area (Å²) in [7, 11) is 0. The molecule has 52 heavy (non-hydrogen) atoms. The molecular weight excluding hydrogens is 629 g/mol. The number of benzene rings is 5. The molecule has 6 aromatic rings. The van der Waals surface area contributed by atoms with Gasteiger partial charge < -0.3 is 9.47 Å². The molecule has 2 heteroatoms. The summed E-state index contributed by atoms with van der Waals surface area (Å²) in [6, 6.07) is 46.3. The fraction of sp³-hybridized carbons (Fsp3) is 0.0800. The van der Waals surface area contributed by atoms with E-state index in [0.717, 1.165) is 17.6 Å². The summed E-state index contributed by atoms with van der Waals surface area (Å²) >= 11 is 0. The quantitative estimate of drug-likeness (QED) is 0.139. The van der Waals surface area contributed by atoms with Gasteiger partial charge >= 0.3 is 0 Å². The molecule has 1 saturated carbocycles. The second kappa shape index (κ2) is 13.4. The molecule has 0 amide bonds. The SMILES string of the molecule is C=C/C=C(\C=C)C1=CC=C(N(C2=CC=C(c3ccccc3)C3CC23)c2ccc(-c3ccc(-n4c5ccccc5c5ccccc54)cc3)cc2)CC=C1. The van der Waals surface area contributed by atoms with E-state index < -0.39 is 0 Å². The van der Waals surface area contributed by atoms with Crippen molar-refractivity contribution in [3.8, 4) is 16.8 Å². The second-order valence-corrected chi connectivity index (χ2v) is 13.8. The molecule has 0 spiro atoms. The van der Waals surface area contributed by atoms with E-state index in [2.05, 4.69) is 186 Å². The maximum atomic E-state index is 4.04. The highest BCUT2D eigenvalue weighted by molar-refractivity contribution is 6.09. The third kappa shape index (κ3) is 5.63. The molecule has 250 valence electrons. The van der Waals surface area contributed by atoms with Crippen molar-refractivity contribution in [3.05, 3.63) is 223 Å². The number of fused-ring (bicyclic) bond motifs is 4. The highest BCUT2D eigenvalue weighted by atomic mass is 15.2. The van der Waals surface area contributed by atoms with Gasteiger partial charge in [-0.15, -0.1) is 0 Å². The monoisotopic (exact) mass is 668 g/mol. The average molecular weight is 669 g/mol. The van der Waals surface area contributed by atoms with Crippen molar-refractivity contribution in [1.29, 1.82) is 0 Å². The summed E-state index contributed by atoms with van der Waals surface area (Å²) in [6.07, 6.45) is 21.4. The largest absolute Gasteiger partial charge is 0.317 e. The number of nitrogens with zero attached hydrogens (tertiary/aromatic N) is 2. The van der Waals surface area contributed by atoms with Gasteiger partial charge in [0.2, 0.25) is 0 Å². The predicted octanol–water partition coefficient (Wildman–Crippen LogP) is 12.9. The zero-order chi connectivity index (χ0) is 35.0. The van der Waals surface area contributed by atoms with Crippen molar-refractivity contribution in [2.45, 2.75) is 12.8 Å². The third-order valence-electron chi connectivity index (χ3n) is 10.8. The van der Waals surface area contributed by atoms with Crippen molar-refractivity contribution in [2.75, 3.05) is 4.90 Å². The lowest BCUT2D eigenvalue weighted by Gasteiger charge is -2.31. The molecule has 3 aliphatic rings. The van der Waals surface area contributed by atoms with Crippen LogP contribution in [0.4, 0.5) is 5.69 Å². The lowest BCUT2D eigenvalue weighted by atomic mass is 9.94. The fourth-order valence-electron chi connectivity index (χ4n) is 8.14. The first-order chi connectivity index (χ1) is 25.7. The summed E-state index contributed by atoms with van der Waals surface area (Å²) in [6.45, 7) is 7.95. The molecule has 1 aromatic heterocycles. The Balaban J connectivity index is 1.07. The smallest absolute Gasteiger partial charge is 0.0541 e. The Kier molecular flexibility index (Phi) is 8.14. The minimum absolute atomic E-state index is 0.495. The van der Waals surface area contributed by atoms with Crippen LogP contribution < -0.4 is 4.90 Å². The van der Waals surface area contributed by atoms with Crippen molar-refractivity contribution in [3.63, 3.8) is 0 Å². The summed E-state index contributed by atoms with van der Waals surface area (Å²) in [5.41, 5.74) is 14.8. The number of hydrogen-bond donors (Lipinski definition) is 0. The molecule has 0 radical (unpaired) electrons. The summed E-state index contributed by atoms with van der Waals surface area (Å²) in [4.78, 5) is 2.51. The highest BCUT2D eigenvalue weighted by Gasteiger charge is 2.46. The van der Waals surface area contributed by atoms with E-state index in [0.29, 0.717) is 11.8 Å². The van der Waals surface area contributed by atoms with Crippen LogP contribution in [0.25, 0.3) is 44.2 Å². The Labute approximate surface area is 306 Å². The van der Waals surface area contributed by atoms with Gasteiger partial charge in [0.15, 0.2) is 0 Å². The van der Waals surface area contributed by atoms with Crippen LogP contribution in [0, 0.1) is 11.8 Å². The van der Waals surface area contributed by atoms with E-state index in [4.69, 9.17) is 0 Å². The van der Waals surface area contributed by atoms with Crippen LogP contribution >= 0.6 is 0 Å². The average Bonchev–Trinajstić information content (AvgIpc) is 3.99. The van der Waals surface area contributed by atoms with Gasteiger partial charge in [-0.25, -0.2) is 0 Å². The Morgan fingerprint density at radius 1 is 0.635 bits per heavy atom. The zero-order valence-corrected chi connectivity index (χ0v) is 29.2. The standard InChI is InChI=1S/C50H40N2/c1-3-13-35(4-2)36-16-12-17-40(27-22-36)51(50-33-32-43(46-34-47(46)50)39-14-6-5-7-15-39)41-28-23-37(24-29-41)38-25-30-42(31-26-38)52-48-20-10-8-18-44(48)45-19-9-11-21-49(45)52/h3-16,18-33,46-47H,1-2,17,34H2/b35-13+. The number of hydrogen-bond acceptors (Lipinski definition) is 1. The van der Waals surface area contributed by atoms with E-state index in [1.54, 1.807) is 0 Å². The zero-order valence-electron chi connectivity index (χ0n) is 29.2. The molecule has 1 fully saturated rings. The van der Waals surface area contributed by atoms with Crippen LogP contribution in [0.1, 0.15) is 18.4 Å². The maximum absolute atomic E-state index is 4.04. The number of rotatable bonds is 9. The Hall–Kier alpha value is -6.38. The number of allylic oxidation sites excluding steroid dienone is 13. The Morgan fingerprint density at radius 2 is 1.29 bits per heavy atom. The molecule has 2 atom stereocenters. The van der Waals surface area contributed by atoms with E-state index >= 15 is 0 Å². The summed E-state index contributed by atoms with van der Waals surface area (Å²) < 4.78 is 2.37. The van der Waals surface area contributed by atoms with Crippen LogP contribution in [-0.2, 0) is 0 Å². The molecule has 0 N–H and O–H groups in total. The van der Waals surface area contributed by atoms with Crippen LogP contribution in [0.15, 0.2) is 218 Å². The van der Waals surface area contributed by atoms with Gasteiger partial charge in [0, 0.05) is 45.9 Å². The van der Waals surface area contributed by atoms with E-state index in [1.807, 2.05) is 18.2 Å². The minimum atomic E-state index is 0.495. The Bertz CT molecular complexity index is 2480. The van der Waals surface area contributed by atoms with Crippen molar-refractivity contribution < 1.29 is 0 Å². The van der Waals surface area contributed by atoms with Gasteiger partial charge in [0.1, 0.15) is 0 Å². The lowest BCUT2D eigenvalue weighted by molar-refractivity contribution is 0.848. The van der Waals surface area contributed by atoms with Crippen LogP contribution in [0.5, 0.6) is 0 Å². The molecule has 0 aliphatic heterocycles. The number of para-hydroxylation sites is 2. The van der Waals surface area contributed by atoms with Gasteiger partial charge in [0.05, 0.1) is 11.0 Å². The molecule has 5 aromatic carbocycles. The van der Waals surface area contributed by atoms with E-state index in [1.165, 1.54) is 73.3 Å². The summed E-state index contributed by atoms with van der Waals surface area (Å²) in [5, 5.41) is 2.56. The maximum Gasteiger partial charge on any atom is 0.0541 e. The first-order valence-electron chi connectivity index (χ1n) is 18.2. The van der Waals surface area contributed by atoms with Crippen molar-refractivity contribution in [2.24, 2.45) is 11.8 Å². The van der Waals surface area contributed by atoms with Crippen LogP contribution in [0.3, 0.4) is 0 Å². The van der Waals surface area contributed by atoms with Crippen molar-refractivity contribution >= 4 is 33.1 Å². The van der Waals surface area contributed by atoms with E-state index in [-0.39, 0.29) is 0 Å². The lowest BCUT2D eigenvalue weighted by Crippen LogP contribution is -2.24. The van der Waals surface area contributed by atoms with Crippen LogP contribution in [0.2, 0.25) is 0 Å². The van der Waals surface area contributed by atoms with Crippen LogP contribution in [-0.4, -0.2) is 4.57 Å². The van der Waals surface area contributed by atoms with E-state index in [9.17, 15) is 0 Å². The molecule has 9 rings (SSSR count). The third-order valence-corrected chi connectivity index (χ3v) is 10.8. The van der Waals surface area contributed by atoms with Gasteiger partial charge in [-0.05, 0) is 94.3 Å². The summed E-state index contributed by atoms with van der Waals surface area (Å²) in [5.74, 6) is 1.04. The highest BCUT2D eigenvalue weighted by Crippen LogP contribution is 2.56. The first-order valence-corrected chi connectivity index (χ1v) is 18.2. The molecule has 2 nitrogen and oxygen atoms in total. The molecule has 2 unspecified atom stereocenters.